The van der Waals surface area contributed by atoms with E-state index in [2.05, 4.69) is 4.98 Å². The van der Waals surface area contributed by atoms with Gasteiger partial charge in [-0.15, -0.1) is 0 Å². The van der Waals surface area contributed by atoms with Crippen molar-refractivity contribution in [2.45, 2.75) is 32.9 Å². The first kappa shape index (κ1) is 11.0. The zero-order valence-electron chi connectivity index (χ0n) is 9.55. The van der Waals surface area contributed by atoms with Crippen LogP contribution in [0.5, 0.6) is 0 Å². The summed E-state index contributed by atoms with van der Waals surface area (Å²) in [5, 5.41) is 10.3. The maximum atomic E-state index is 10.3. The number of rotatable bonds is 4. The number of imidazole rings is 1. The van der Waals surface area contributed by atoms with E-state index >= 15 is 0 Å². The molecular weight excluding hydrogens is 204 g/mol. The summed E-state index contributed by atoms with van der Waals surface area (Å²) in [6, 6.07) is 1.80. The summed E-state index contributed by atoms with van der Waals surface area (Å²) < 4.78 is 7.24. The van der Waals surface area contributed by atoms with E-state index < -0.39 is 6.10 Å². The van der Waals surface area contributed by atoms with Crippen molar-refractivity contribution < 1.29 is 9.52 Å². The van der Waals surface area contributed by atoms with Crippen molar-refractivity contribution in [2.24, 2.45) is 0 Å². The minimum Gasteiger partial charge on any atom is -0.469 e. The normalized spacial score (nSPS) is 12.9. The van der Waals surface area contributed by atoms with E-state index in [1.165, 1.54) is 0 Å². The van der Waals surface area contributed by atoms with Crippen LogP contribution in [-0.2, 0) is 13.0 Å². The van der Waals surface area contributed by atoms with Crippen molar-refractivity contribution in [1.29, 1.82) is 0 Å². The summed E-state index contributed by atoms with van der Waals surface area (Å²) in [5.74, 6) is 1.48. The Hall–Kier alpha value is -1.55. The maximum absolute atomic E-state index is 10.3. The van der Waals surface area contributed by atoms with Crippen LogP contribution in [0.4, 0.5) is 0 Å². The fraction of sp³-hybridized carbons (Fsp3) is 0.417. The summed E-state index contributed by atoms with van der Waals surface area (Å²) in [7, 11) is 0. The lowest BCUT2D eigenvalue weighted by Crippen LogP contribution is -2.09. The second-order valence-corrected chi connectivity index (χ2v) is 3.63. The summed E-state index contributed by atoms with van der Waals surface area (Å²) in [6.45, 7) is 4.82. The molecule has 0 aliphatic heterocycles. The van der Waals surface area contributed by atoms with E-state index in [0.717, 1.165) is 24.3 Å². The SMILES string of the molecule is CCc1occc1C(O)c1nccn1CC. The quantitative estimate of drug-likeness (QED) is 0.858. The maximum Gasteiger partial charge on any atom is 0.142 e. The van der Waals surface area contributed by atoms with Crippen LogP contribution in [0.2, 0.25) is 0 Å². The molecule has 0 radical (unpaired) electrons. The summed E-state index contributed by atoms with van der Waals surface area (Å²) in [6.07, 6.45) is 5.24. The van der Waals surface area contributed by atoms with Crippen LogP contribution < -0.4 is 0 Å². The van der Waals surface area contributed by atoms with Gasteiger partial charge in [-0.1, -0.05) is 6.92 Å². The number of aliphatic hydroxyl groups is 1. The Morgan fingerprint density at radius 1 is 1.50 bits per heavy atom. The highest BCUT2D eigenvalue weighted by Gasteiger charge is 2.20. The Morgan fingerprint density at radius 3 is 3.00 bits per heavy atom. The molecule has 2 aromatic rings. The molecule has 0 aliphatic rings. The van der Waals surface area contributed by atoms with E-state index in [-0.39, 0.29) is 0 Å². The molecule has 0 aromatic carbocycles. The van der Waals surface area contributed by atoms with E-state index in [4.69, 9.17) is 4.42 Å². The van der Waals surface area contributed by atoms with E-state index in [1.54, 1.807) is 18.5 Å². The fourth-order valence-corrected chi connectivity index (χ4v) is 1.86. The fourth-order valence-electron chi connectivity index (χ4n) is 1.86. The van der Waals surface area contributed by atoms with Crippen molar-refractivity contribution in [2.75, 3.05) is 0 Å². The molecule has 2 rings (SSSR count). The first-order chi connectivity index (χ1) is 7.77. The number of aliphatic hydroxyl groups excluding tert-OH is 1. The Bertz CT molecular complexity index is 417. The first-order valence-electron chi connectivity index (χ1n) is 5.53. The molecule has 4 heteroatoms. The number of furan rings is 1. The minimum atomic E-state index is -0.705. The molecule has 0 bridgehead atoms. The molecule has 16 heavy (non-hydrogen) atoms. The third-order valence-corrected chi connectivity index (χ3v) is 2.73. The van der Waals surface area contributed by atoms with Crippen molar-refractivity contribution in [3.05, 3.63) is 41.9 Å². The third-order valence-electron chi connectivity index (χ3n) is 2.73. The second-order valence-electron chi connectivity index (χ2n) is 3.63. The molecule has 86 valence electrons. The summed E-state index contributed by atoms with van der Waals surface area (Å²) >= 11 is 0. The number of aryl methyl sites for hydroxylation is 2. The predicted molar refractivity (Wildman–Crippen MR) is 60.0 cm³/mol. The van der Waals surface area contributed by atoms with Crippen LogP contribution in [0.15, 0.2) is 29.1 Å². The van der Waals surface area contributed by atoms with Crippen LogP contribution in [0.25, 0.3) is 0 Å². The largest absolute Gasteiger partial charge is 0.469 e. The van der Waals surface area contributed by atoms with Gasteiger partial charge in [-0.25, -0.2) is 4.98 Å². The Balaban J connectivity index is 2.35. The lowest BCUT2D eigenvalue weighted by atomic mass is 10.1. The molecule has 1 unspecified atom stereocenters. The average molecular weight is 220 g/mol. The summed E-state index contributed by atoms with van der Waals surface area (Å²) in [5.41, 5.74) is 0.809. The van der Waals surface area contributed by atoms with Crippen LogP contribution >= 0.6 is 0 Å². The highest BCUT2D eigenvalue weighted by molar-refractivity contribution is 5.25. The smallest absolute Gasteiger partial charge is 0.142 e. The topological polar surface area (TPSA) is 51.2 Å². The van der Waals surface area contributed by atoms with Crippen LogP contribution in [0.3, 0.4) is 0 Å². The molecular formula is C12H16N2O2. The number of nitrogens with zero attached hydrogens (tertiary/aromatic N) is 2. The van der Waals surface area contributed by atoms with Crippen LogP contribution in [0.1, 0.15) is 37.1 Å². The zero-order chi connectivity index (χ0) is 11.5. The van der Waals surface area contributed by atoms with E-state index in [1.807, 2.05) is 24.6 Å². The van der Waals surface area contributed by atoms with Crippen molar-refractivity contribution in [3.8, 4) is 0 Å². The highest BCUT2D eigenvalue weighted by atomic mass is 16.3. The number of aromatic nitrogens is 2. The average Bonchev–Trinajstić information content (AvgIpc) is 2.96. The molecule has 0 fully saturated rings. The van der Waals surface area contributed by atoms with Gasteiger partial charge < -0.3 is 14.1 Å². The van der Waals surface area contributed by atoms with Gasteiger partial charge in [-0.3, -0.25) is 0 Å². The van der Waals surface area contributed by atoms with Crippen molar-refractivity contribution >= 4 is 0 Å². The van der Waals surface area contributed by atoms with Gasteiger partial charge in [0.1, 0.15) is 17.7 Å². The van der Waals surface area contributed by atoms with Crippen molar-refractivity contribution in [3.63, 3.8) is 0 Å². The predicted octanol–water partition coefficient (Wildman–Crippen LogP) is 2.14. The molecule has 2 heterocycles. The van der Waals surface area contributed by atoms with Gasteiger partial charge in [0, 0.05) is 30.9 Å². The lowest BCUT2D eigenvalue weighted by Gasteiger charge is -2.11. The van der Waals surface area contributed by atoms with Gasteiger partial charge in [0.15, 0.2) is 0 Å². The Labute approximate surface area is 94.5 Å². The molecule has 0 amide bonds. The molecule has 2 aromatic heterocycles. The Morgan fingerprint density at radius 2 is 2.31 bits per heavy atom. The lowest BCUT2D eigenvalue weighted by molar-refractivity contribution is 0.202. The molecule has 4 nitrogen and oxygen atoms in total. The van der Waals surface area contributed by atoms with Gasteiger partial charge in [0.2, 0.25) is 0 Å². The highest BCUT2D eigenvalue weighted by Crippen LogP contribution is 2.25. The van der Waals surface area contributed by atoms with Gasteiger partial charge in [-0.05, 0) is 13.0 Å². The van der Waals surface area contributed by atoms with E-state index in [0.29, 0.717) is 5.82 Å². The van der Waals surface area contributed by atoms with Crippen LogP contribution in [0, 0.1) is 0 Å². The second kappa shape index (κ2) is 4.53. The number of hydrogen-bond donors (Lipinski definition) is 1. The minimum absolute atomic E-state index is 0.665. The van der Waals surface area contributed by atoms with Crippen molar-refractivity contribution in [1.82, 2.24) is 9.55 Å². The van der Waals surface area contributed by atoms with Gasteiger partial charge >= 0.3 is 0 Å². The Kier molecular flexibility index (Phi) is 3.10. The van der Waals surface area contributed by atoms with E-state index in [9.17, 15) is 5.11 Å². The molecule has 0 saturated carbocycles. The van der Waals surface area contributed by atoms with Gasteiger partial charge in [0.05, 0.1) is 6.26 Å². The summed E-state index contributed by atoms with van der Waals surface area (Å²) in [4.78, 5) is 4.19. The van der Waals surface area contributed by atoms with Gasteiger partial charge in [0.25, 0.3) is 0 Å². The first-order valence-corrected chi connectivity index (χ1v) is 5.53. The standard InChI is InChI=1S/C12H16N2O2/c1-3-10-9(5-8-16-10)11(15)12-13-6-7-14(12)4-2/h5-8,11,15H,3-4H2,1-2H3. The number of hydrogen-bond acceptors (Lipinski definition) is 3. The molecule has 0 saturated heterocycles. The monoisotopic (exact) mass is 220 g/mol. The molecule has 0 spiro atoms. The molecule has 1 atom stereocenters. The molecule has 0 aliphatic carbocycles. The zero-order valence-corrected chi connectivity index (χ0v) is 9.55. The molecule has 1 N–H and O–H groups in total. The third kappa shape index (κ3) is 1.76. The van der Waals surface area contributed by atoms with Gasteiger partial charge in [-0.2, -0.15) is 0 Å². The van der Waals surface area contributed by atoms with Crippen LogP contribution in [-0.4, -0.2) is 14.7 Å².